The van der Waals surface area contributed by atoms with Crippen molar-refractivity contribution >= 4 is 27.8 Å². The second kappa shape index (κ2) is 8.67. The van der Waals surface area contributed by atoms with Gasteiger partial charge in [0.1, 0.15) is 5.75 Å². The molecule has 0 spiro atoms. The molecule has 0 aliphatic carbocycles. The van der Waals surface area contributed by atoms with Gasteiger partial charge in [0.15, 0.2) is 6.10 Å². The number of nitrogens with one attached hydrogen (secondary N) is 1. The number of esters is 1. The minimum absolute atomic E-state index is 0.303. The van der Waals surface area contributed by atoms with Gasteiger partial charge < -0.3 is 14.8 Å². The average Bonchev–Trinajstić information content (AvgIpc) is 2.61. The van der Waals surface area contributed by atoms with E-state index in [4.69, 9.17) is 9.47 Å². The lowest BCUT2D eigenvalue weighted by Gasteiger charge is -2.14. The fraction of sp³-hybridized carbons (Fsp3) is 0.263. The lowest BCUT2D eigenvalue weighted by Crippen LogP contribution is -2.35. The third-order valence-corrected chi connectivity index (χ3v) is 4.33. The zero-order valence-corrected chi connectivity index (χ0v) is 15.9. The van der Waals surface area contributed by atoms with Crippen LogP contribution in [0.3, 0.4) is 0 Å². The molecule has 0 aliphatic rings. The van der Waals surface area contributed by atoms with Gasteiger partial charge in [-0.25, -0.2) is 4.79 Å². The minimum atomic E-state index is -0.906. The standard InChI is InChI=1S/C19H20BrNO4/c1-12-4-6-14(7-5-12)11-21-18(22)13(2)25-19(23)16-10-15(24-3)8-9-17(16)20/h4-10,13H,11H2,1-3H3,(H,21,22)/t13-/m0/s1. The summed E-state index contributed by atoms with van der Waals surface area (Å²) in [5.74, 6) is -0.414. The molecule has 0 fully saturated rings. The summed E-state index contributed by atoms with van der Waals surface area (Å²) in [6.45, 7) is 3.92. The molecule has 1 amide bonds. The molecule has 1 atom stereocenters. The lowest BCUT2D eigenvalue weighted by atomic mass is 10.1. The van der Waals surface area contributed by atoms with Crippen molar-refractivity contribution < 1.29 is 19.1 Å². The van der Waals surface area contributed by atoms with Crippen LogP contribution in [-0.2, 0) is 16.1 Å². The zero-order valence-electron chi connectivity index (χ0n) is 14.3. The van der Waals surface area contributed by atoms with Gasteiger partial charge in [0.05, 0.1) is 12.7 Å². The maximum absolute atomic E-state index is 12.3. The van der Waals surface area contributed by atoms with Gasteiger partial charge in [-0.2, -0.15) is 0 Å². The predicted octanol–water partition coefficient (Wildman–Crippen LogP) is 3.63. The van der Waals surface area contributed by atoms with E-state index in [2.05, 4.69) is 21.2 Å². The summed E-state index contributed by atoms with van der Waals surface area (Å²) in [7, 11) is 1.51. The highest BCUT2D eigenvalue weighted by Crippen LogP contribution is 2.23. The third kappa shape index (κ3) is 5.32. The minimum Gasteiger partial charge on any atom is -0.497 e. The van der Waals surface area contributed by atoms with Crippen molar-refractivity contribution in [3.63, 3.8) is 0 Å². The van der Waals surface area contributed by atoms with Crippen molar-refractivity contribution in [3.8, 4) is 5.75 Å². The number of ether oxygens (including phenoxy) is 2. The largest absolute Gasteiger partial charge is 0.497 e. The Balaban J connectivity index is 1.94. The van der Waals surface area contributed by atoms with Crippen LogP contribution in [0.25, 0.3) is 0 Å². The Morgan fingerprint density at radius 3 is 2.48 bits per heavy atom. The molecule has 6 heteroatoms. The number of aryl methyl sites for hydroxylation is 1. The van der Waals surface area contributed by atoms with Crippen LogP contribution in [0.2, 0.25) is 0 Å². The zero-order chi connectivity index (χ0) is 18.4. The fourth-order valence-electron chi connectivity index (χ4n) is 2.10. The number of hydrogen-bond acceptors (Lipinski definition) is 4. The van der Waals surface area contributed by atoms with Crippen LogP contribution in [-0.4, -0.2) is 25.1 Å². The van der Waals surface area contributed by atoms with Crippen LogP contribution < -0.4 is 10.1 Å². The Hall–Kier alpha value is -2.34. The third-order valence-electron chi connectivity index (χ3n) is 3.63. The van der Waals surface area contributed by atoms with E-state index in [0.717, 1.165) is 11.1 Å². The Morgan fingerprint density at radius 2 is 1.84 bits per heavy atom. The molecule has 0 radical (unpaired) electrons. The van der Waals surface area contributed by atoms with Gasteiger partial charge in [0.25, 0.3) is 5.91 Å². The molecule has 0 heterocycles. The number of benzene rings is 2. The quantitative estimate of drug-likeness (QED) is 0.745. The molecule has 5 nitrogen and oxygen atoms in total. The topological polar surface area (TPSA) is 64.6 Å². The van der Waals surface area contributed by atoms with Crippen LogP contribution >= 0.6 is 15.9 Å². The normalized spacial score (nSPS) is 11.5. The van der Waals surface area contributed by atoms with Crippen LogP contribution in [0.4, 0.5) is 0 Å². The molecular weight excluding hydrogens is 386 g/mol. The number of methoxy groups -OCH3 is 1. The van der Waals surface area contributed by atoms with Gasteiger partial charge in [-0.15, -0.1) is 0 Å². The smallest absolute Gasteiger partial charge is 0.340 e. The number of halogens is 1. The first-order valence-electron chi connectivity index (χ1n) is 7.78. The lowest BCUT2D eigenvalue weighted by molar-refractivity contribution is -0.129. The van der Waals surface area contributed by atoms with Gasteiger partial charge in [-0.1, -0.05) is 29.8 Å². The predicted molar refractivity (Wildman–Crippen MR) is 98.6 cm³/mol. The summed E-state index contributed by atoms with van der Waals surface area (Å²) in [6.07, 6.45) is -0.906. The summed E-state index contributed by atoms with van der Waals surface area (Å²) in [5, 5.41) is 2.76. The molecule has 0 aromatic heterocycles. The van der Waals surface area contributed by atoms with Crippen molar-refractivity contribution in [2.45, 2.75) is 26.5 Å². The summed E-state index contributed by atoms with van der Waals surface area (Å²) in [6, 6.07) is 12.8. The Morgan fingerprint density at radius 1 is 1.16 bits per heavy atom. The second-order valence-corrected chi connectivity index (χ2v) is 6.45. The number of amides is 1. The number of carbonyl (C=O) groups excluding carboxylic acids is 2. The van der Waals surface area contributed by atoms with E-state index in [0.29, 0.717) is 22.3 Å². The first kappa shape index (κ1) is 19.0. The molecule has 132 valence electrons. The molecule has 25 heavy (non-hydrogen) atoms. The molecule has 0 bridgehead atoms. The summed E-state index contributed by atoms with van der Waals surface area (Å²) in [5.41, 5.74) is 2.44. The molecule has 1 N–H and O–H groups in total. The van der Waals surface area contributed by atoms with E-state index < -0.39 is 12.1 Å². The number of hydrogen-bond donors (Lipinski definition) is 1. The van der Waals surface area contributed by atoms with E-state index >= 15 is 0 Å². The summed E-state index contributed by atoms with van der Waals surface area (Å²) in [4.78, 5) is 24.4. The van der Waals surface area contributed by atoms with Gasteiger partial charge in [0, 0.05) is 11.0 Å². The van der Waals surface area contributed by atoms with Gasteiger partial charge >= 0.3 is 5.97 Å². The van der Waals surface area contributed by atoms with Crippen LogP contribution in [0.15, 0.2) is 46.9 Å². The van der Waals surface area contributed by atoms with E-state index in [1.165, 1.54) is 14.0 Å². The molecule has 0 aliphatic heterocycles. The summed E-state index contributed by atoms with van der Waals surface area (Å²) >= 11 is 3.30. The first-order chi connectivity index (χ1) is 11.9. The van der Waals surface area contributed by atoms with E-state index in [1.54, 1.807) is 18.2 Å². The fourth-order valence-corrected chi connectivity index (χ4v) is 2.51. The van der Waals surface area contributed by atoms with Crippen LogP contribution in [0.1, 0.15) is 28.4 Å². The monoisotopic (exact) mass is 405 g/mol. The Kier molecular flexibility index (Phi) is 6.58. The van der Waals surface area contributed by atoms with Crippen LogP contribution in [0, 0.1) is 6.92 Å². The van der Waals surface area contributed by atoms with Gasteiger partial charge in [-0.3, -0.25) is 4.79 Å². The highest BCUT2D eigenvalue weighted by atomic mass is 79.9. The van der Waals surface area contributed by atoms with Crippen molar-refractivity contribution in [2.24, 2.45) is 0 Å². The van der Waals surface area contributed by atoms with E-state index in [-0.39, 0.29) is 5.91 Å². The van der Waals surface area contributed by atoms with Gasteiger partial charge in [-0.05, 0) is 53.5 Å². The average molecular weight is 406 g/mol. The Bertz CT molecular complexity index is 759. The molecule has 2 aromatic carbocycles. The number of rotatable bonds is 6. The highest BCUT2D eigenvalue weighted by molar-refractivity contribution is 9.10. The van der Waals surface area contributed by atoms with Crippen molar-refractivity contribution in [3.05, 3.63) is 63.6 Å². The van der Waals surface area contributed by atoms with Crippen molar-refractivity contribution in [1.29, 1.82) is 0 Å². The second-order valence-electron chi connectivity index (χ2n) is 5.60. The Labute approximate surface area is 155 Å². The molecule has 0 saturated carbocycles. The molecular formula is C19H20BrNO4. The van der Waals surface area contributed by atoms with Crippen LogP contribution in [0.5, 0.6) is 5.75 Å². The van der Waals surface area contributed by atoms with E-state index in [9.17, 15) is 9.59 Å². The maximum atomic E-state index is 12.3. The SMILES string of the molecule is COc1ccc(Br)c(C(=O)O[C@@H](C)C(=O)NCc2ccc(C)cc2)c1. The summed E-state index contributed by atoms with van der Waals surface area (Å²) < 4.78 is 10.9. The number of carbonyl (C=O) groups is 2. The van der Waals surface area contributed by atoms with E-state index in [1.807, 2.05) is 31.2 Å². The molecule has 2 aromatic rings. The maximum Gasteiger partial charge on any atom is 0.340 e. The highest BCUT2D eigenvalue weighted by Gasteiger charge is 2.20. The molecule has 0 saturated heterocycles. The van der Waals surface area contributed by atoms with Gasteiger partial charge in [0.2, 0.25) is 0 Å². The van der Waals surface area contributed by atoms with Crippen molar-refractivity contribution in [1.82, 2.24) is 5.32 Å². The molecule has 0 unspecified atom stereocenters. The van der Waals surface area contributed by atoms with Crippen molar-refractivity contribution in [2.75, 3.05) is 7.11 Å². The first-order valence-corrected chi connectivity index (χ1v) is 8.57. The molecule has 2 rings (SSSR count).